The highest BCUT2D eigenvalue weighted by atomic mass is 32.1. The van der Waals surface area contributed by atoms with Gasteiger partial charge in [-0.25, -0.2) is 14.2 Å². The van der Waals surface area contributed by atoms with E-state index in [-0.39, 0.29) is 11.5 Å². The summed E-state index contributed by atoms with van der Waals surface area (Å²) in [5.41, 5.74) is 3.55. The Morgan fingerprint density at radius 2 is 1.79 bits per heavy atom. The van der Waals surface area contributed by atoms with E-state index in [1.807, 2.05) is 26.0 Å². The highest BCUT2D eigenvalue weighted by molar-refractivity contribution is 7.21. The number of carbonyl (C=O) groups excluding carboxylic acids is 1. The molecule has 3 aromatic carbocycles. The molecule has 1 heterocycles. The zero-order valence-electron chi connectivity index (χ0n) is 15.2. The van der Waals surface area contributed by atoms with Gasteiger partial charge >= 0.3 is 5.97 Å². The molecule has 0 unspecified atom stereocenters. The lowest BCUT2D eigenvalue weighted by Gasteiger charge is -2.05. The summed E-state index contributed by atoms with van der Waals surface area (Å²) in [6, 6.07) is 14.6. The first-order chi connectivity index (χ1) is 13.4. The van der Waals surface area contributed by atoms with Crippen LogP contribution >= 0.6 is 11.3 Å². The number of benzene rings is 3. The third-order valence-corrected chi connectivity index (χ3v) is 5.47. The Morgan fingerprint density at radius 1 is 1.07 bits per heavy atom. The molecular formula is C22H16FNO3S. The number of aryl methyl sites for hydroxylation is 2. The molecule has 0 aliphatic carbocycles. The molecule has 0 atom stereocenters. The Morgan fingerprint density at radius 3 is 2.50 bits per heavy atom. The number of hydrogen-bond donors (Lipinski definition) is 1. The number of esters is 1. The zero-order valence-corrected chi connectivity index (χ0v) is 16.0. The van der Waals surface area contributed by atoms with Gasteiger partial charge in [0.05, 0.1) is 15.8 Å². The minimum atomic E-state index is -0.627. The van der Waals surface area contributed by atoms with Gasteiger partial charge < -0.3 is 9.84 Å². The quantitative estimate of drug-likeness (QED) is 0.361. The van der Waals surface area contributed by atoms with Gasteiger partial charge in [-0.3, -0.25) is 0 Å². The van der Waals surface area contributed by atoms with E-state index in [1.165, 1.54) is 29.5 Å². The number of phenolic OH excluding ortho intramolecular Hbond substituents is 1. The molecule has 1 aromatic heterocycles. The van der Waals surface area contributed by atoms with E-state index < -0.39 is 11.8 Å². The summed E-state index contributed by atoms with van der Waals surface area (Å²) < 4.78 is 19.7. The first-order valence-electron chi connectivity index (χ1n) is 8.60. The number of ether oxygens (including phenoxy) is 1. The summed E-state index contributed by atoms with van der Waals surface area (Å²) in [6.07, 6.45) is 0. The number of aromatic nitrogens is 1. The van der Waals surface area contributed by atoms with Crippen LogP contribution in [-0.2, 0) is 0 Å². The molecule has 140 valence electrons. The third-order valence-electron chi connectivity index (χ3n) is 4.40. The van der Waals surface area contributed by atoms with E-state index >= 15 is 0 Å². The summed E-state index contributed by atoms with van der Waals surface area (Å²) in [7, 11) is 0. The number of phenols is 1. The van der Waals surface area contributed by atoms with Crippen molar-refractivity contribution in [2.24, 2.45) is 0 Å². The predicted molar refractivity (Wildman–Crippen MR) is 108 cm³/mol. The van der Waals surface area contributed by atoms with Gasteiger partial charge in [0, 0.05) is 5.56 Å². The monoisotopic (exact) mass is 393 g/mol. The Balaban J connectivity index is 1.67. The smallest absolute Gasteiger partial charge is 0.343 e. The predicted octanol–water partition coefficient (Wildman–Crippen LogP) is 5.64. The Labute approximate surface area is 164 Å². The van der Waals surface area contributed by atoms with Crippen LogP contribution in [0.25, 0.3) is 20.8 Å². The Hall–Kier alpha value is -3.25. The normalized spacial score (nSPS) is 11.0. The van der Waals surface area contributed by atoms with Gasteiger partial charge in [0.2, 0.25) is 0 Å². The summed E-state index contributed by atoms with van der Waals surface area (Å²) in [4.78, 5) is 17.0. The summed E-state index contributed by atoms with van der Waals surface area (Å²) in [6.45, 7) is 3.69. The molecule has 4 rings (SSSR count). The molecule has 6 heteroatoms. The lowest BCUT2D eigenvalue weighted by Crippen LogP contribution is -2.09. The molecule has 0 radical (unpaired) electrons. The fraction of sp³-hybridized carbons (Fsp3) is 0.0909. The van der Waals surface area contributed by atoms with E-state index in [0.29, 0.717) is 5.56 Å². The van der Waals surface area contributed by atoms with Crippen molar-refractivity contribution in [2.75, 3.05) is 0 Å². The summed E-state index contributed by atoms with van der Waals surface area (Å²) in [5, 5.41) is 10.8. The maximum atomic E-state index is 13.7. The average molecular weight is 393 g/mol. The molecule has 0 amide bonds. The van der Waals surface area contributed by atoms with Crippen LogP contribution in [0.3, 0.4) is 0 Å². The molecule has 0 saturated carbocycles. The molecule has 0 fully saturated rings. The van der Waals surface area contributed by atoms with Crippen molar-refractivity contribution >= 4 is 27.5 Å². The molecule has 4 nitrogen and oxygen atoms in total. The van der Waals surface area contributed by atoms with Gasteiger partial charge in [-0.1, -0.05) is 12.1 Å². The average Bonchev–Trinajstić information content (AvgIpc) is 3.10. The van der Waals surface area contributed by atoms with Gasteiger partial charge in [-0.15, -0.1) is 11.3 Å². The van der Waals surface area contributed by atoms with Gasteiger partial charge in [-0.05, 0) is 67.4 Å². The summed E-state index contributed by atoms with van der Waals surface area (Å²) >= 11 is 1.44. The van der Waals surface area contributed by atoms with E-state index in [0.717, 1.165) is 31.9 Å². The number of rotatable bonds is 3. The lowest BCUT2D eigenvalue weighted by atomic mass is 10.1. The van der Waals surface area contributed by atoms with Crippen molar-refractivity contribution in [3.8, 4) is 22.1 Å². The highest BCUT2D eigenvalue weighted by Crippen LogP contribution is 2.34. The fourth-order valence-corrected chi connectivity index (χ4v) is 3.93. The first kappa shape index (κ1) is 18.1. The second kappa shape index (κ2) is 7.05. The van der Waals surface area contributed by atoms with Crippen molar-refractivity contribution in [1.29, 1.82) is 0 Å². The van der Waals surface area contributed by atoms with Crippen LogP contribution in [0.1, 0.15) is 21.5 Å². The number of nitrogens with zero attached hydrogens (tertiary/aromatic N) is 1. The molecule has 0 saturated heterocycles. The van der Waals surface area contributed by atoms with Crippen LogP contribution in [0.15, 0.2) is 54.6 Å². The van der Waals surface area contributed by atoms with Crippen LogP contribution in [0.5, 0.6) is 11.5 Å². The van der Waals surface area contributed by atoms with Crippen LogP contribution in [0.4, 0.5) is 4.39 Å². The molecule has 1 N–H and O–H groups in total. The number of halogens is 1. The van der Waals surface area contributed by atoms with Crippen molar-refractivity contribution < 1.29 is 19.0 Å². The van der Waals surface area contributed by atoms with Gasteiger partial charge in [0.1, 0.15) is 10.8 Å². The zero-order chi connectivity index (χ0) is 19.8. The largest absolute Gasteiger partial charge is 0.507 e. The van der Waals surface area contributed by atoms with Crippen molar-refractivity contribution in [1.82, 2.24) is 4.98 Å². The third kappa shape index (κ3) is 3.34. The molecule has 0 bridgehead atoms. The van der Waals surface area contributed by atoms with Crippen molar-refractivity contribution in [3.63, 3.8) is 0 Å². The number of aromatic hydroxyl groups is 1. The number of hydrogen-bond acceptors (Lipinski definition) is 5. The molecule has 0 aliphatic rings. The maximum Gasteiger partial charge on any atom is 0.343 e. The maximum absolute atomic E-state index is 13.7. The second-order valence-corrected chi connectivity index (χ2v) is 7.51. The highest BCUT2D eigenvalue weighted by Gasteiger charge is 2.15. The van der Waals surface area contributed by atoms with Crippen LogP contribution in [0, 0.1) is 19.7 Å². The second-order valence-electron chi connectivity index (χ2n) is 6.48. The van der Waals surface area contributed by atoms with Crippen molar-refractivity contribution in [3.05, 3.63) is 77.1 Å². The van der Waals surface area contributed by atoms with Crippen LogP contribution in [0.2, 0.25) is 0 Å². The van der Waals surface area contributed by atoms with Crippen LogP contribution < -0.4 is 4.74 Å². The fourth-order valence-electron chi connectivity index (χ4n) is 2.94. The number of para-hydroxylation sites is 1. The standard InChI is InChI=1S/C22H16FNO3S/c1-12-9-15(10-13(2)20(12)25)21-24-17-8-7-14(11-19(17)28-21)22(26)27-18-6-4-3-5-16(18)23/h3-11,25H,1-2H3. The number of fused-ring (bicyclic) bond motifs is 1. The molecule has 0 aliphatic heterocycles. The SMILES string of the molecule is Cc1cc(-c2nc3ccc(C(=O)Oc4ccccc4F)cc3s2)cc(C)c1O. The minimum Gasteiger partial charge on any atom is -0.507 e. The van der Waals surface area contributed by atoms with Gasteiger partial charge in [0.15, 0.2) is 11.6 Å². The lowest BCUT2D eigenvalue weighted by molar-refractivity contribution is 0.0728. The Bertz CT molecular complexity index is 1190. The van der Waals surface area contributed by atoms with E-state index in [4.69, 9.17) is 4.74 Å². The number of thiazole rings is 1. The Kier molecular flexibility index (Phi) is 4.57. The van der Waals surface area contributed by atoms with E-state index in [1.54, 1.807) is 24.3 Å². The number of carbonyl (C=O) groups is 1. The summed E-state index contributed by atoms with van der Waals surface area (Å²) in [5.74, 6) is -1.04. The molecule has 0 spiro atoms. The van der Waals surface area contributed by atoms with Gasteiger partial charge in [-0.2, -0.15) is 0 Å². The van der Waals surface area contributed by atoms with E-state index in [9.17, 15) is 14.3 Å². The van der Waals surface area contributed by atoms with E-state index in [2.05, 4.69) is 4.98 Å². The van der Waals surface area contributed by atoms with Gasteiger partial charge in [0.25, 0.3) is 0 Å². The van der Waals surface area contributed by atoms with Crippen molar-refractivity contribution in [2.45, 2.75) is 13.8 Å². The molecule has 4 aromatic rings. The topological polar surface area (TPSA) is 59.4 Å². The first-order valence-corrected chi connectivity index (χ1v) is 9.42. The van der Waals surface area contributed by atoms with Crippen LogP contribution in [-0.4, -0.2) is 16.1 Å². The molecular weight excluding hydrogens is 377 g/mol. The molecule has 28 heavy (non-hydrogen) atoms. The minimum absolute atomic E-state index is 0.104.